The predicted molar refractivity (Wildman–Crippen MR) is 99.6 cm³/mol. The molecular formula is C19H23N3O. The van der Waals surface area contributed by atoms with Gasteiger partial charge in [-0.3, -0.25) is 0 Å². The average Bonchev–Trinajstić information content (AvgIpc) is 2.54. The lowest BCUT2D eigenvalue weighted by Gasteiger charge is -2.19. The van der Waals surface area contributed by atoms with E-state index < -0.39 is 0 Å². The highest BCUT2D eigenvalue weighted by Gasteiger charge is 2.03. The number of rotatable bonds is 6. The Labute approximate surface area is 140 Å². The minimum absolute atomic E-state index is 0. The fraction of sp³-hybridized carbons (Fsp3) is 0.263. The van der Waals surface area contributed by atoms with Gasteiger partial charge >= 0.3 is 0 Å². The van der Waals surface area contributed by atoms with E-state index in [1.54, 1.807) is 13.0 Å². The van der Waals surface area contributed by atoms with E-state index >= 15 is 0 Å². The summed E-state index contributed by atoms with van der Waals surface area (Å²) in [5.41, 5.74) is 14.0. The summed E-state index contributed by atoms with van der Waals surface area (Å²) in [5.74, 6) is 16.0. The maximum absolute atomic E-state index is 5.94. The second-order valence-corrected chi connectivity index (χ2v) is 4.61. The van der Waals surface area contributed by atoms with Gasteiger partial charge in [-0.2, -0.15) is 0 Å². The number of benzene rings is 1. The number of ether oxygens (including phenoxy) is 1. The molecule has 4 heteroatoms. The van der Waals surface area contributed by atoms with Crippen LogP contribution < -0.4 is 16.4 Å². The van der Waals surface area contributed by atoms with E-state index in [0.29, 0.717) is 31.1 Å². The van der Waals surface area contributed by atoms with Crippen LogP contribution in [0.2, 0.25) is 0 Å². The third kappa shape index (κ3) is 7.53. The maximum atomic E-state index is 5.94. The average molecular weight is 309 g/mol. The largest absolute Gasteiger partial charge is 0.399 e. The van der Waals surface area contributed by atoms with Crippen LogP contribution in [-0.4, -0.2) is 26.8 Å². The molecule has 1 aromatic rings. The Morgan fingerprint density at radius 3 is 2.74 bits per heavy atom. The van der Waals surface area contributed by atoms with Gasteiger partial charge in [-0.15, -0.1) is 0 Å². The Bertz CT molecular complexity index is 724. The smallest absolute Gasteiger partial charge is 0.109 e. The molecule has 0 saturated heterocycles. The number of nitrogen functional groups attached to an aromatic ring is 2. The standard InChI is InChI=1S/C19H21N3O.H2/c1-3-4-5-6-7-9-14-23-15-10-8-13-22(2)19-16-17(20)11-12-18(19)21;/h8,10-12,16H,13-15,20-21H2,1-2H3;1H/b10-8+;. The van der Waals surface area contributed by atoms with Gasteiger partial charge in [0.05, 0.1) is 18.0 Å². The highest BCUT2D eigenvalue weighted by molar-refractivity contribution is 5.71. The van der Waals surface area contributed by atoms with Gasteiger partial charge in [0.2, 0.25) is 0 Å². The molecule has 1 rings (SSSR count). The third-order valence-electron chi connectivity index (χ3n) is 2.80. The fourth-order valence-electron chi connectivity index (χ4n) is 1.67. The molecular weight excluding hydrogens is 286 g/mol. The molecule has 0 radical (unpaired) electrons. The van der Waals surface area contributed by atoms with Gasteiger partial charge in [-0.1, -0.05) is 24.0 Å². The molecule has 0 aliphatic carbocycles. The number of anilines is 3. The fourth-order valence-corrected chi connectivity index (χ4v) is 1.67. The molecule has 0 unspecified atom stereocenters. The molecule has 0 amide bonds. The molecule has 0 fully saturated rings. The minimum atomic E-state index is 0. The topological polar surface area (TPSA) is 64.5 Å². The lowest BCUT2D eigenvalue weighted by Crippen LogP contribution is -2.18. The van der Waals surface area contributed by atoms with Crippen LogP contribution in [0.1, 0.15) is 8.35 Å². The van der Waals surface area contributed by atoms with E-state index in [-0.39, 0.29) is 1.43 Å². The van der Waals surface area contributed by atoms with Gasteiger partial charge in [0, 0.05) is 20.7 Å². The van der Waals surface area contributed by atoms with Gasteiger partial charge in [0.15, 0.2) is 0 Å². The van der Waals surface area contributed by atoms with Crippen molar-refractivity contribution in [1.29, 1.82) is 0 Å². The first-order valence-corrected chi connectivity index (χ1v) is 7.13. The van der Waals surface area contributed by atoms with Gasteiger partial charge in [-0.25, -0.2) is 0 Å². The van der Waals surface area contributed by atoms with Crippen molar-refractivity contribution >= 4 is 17.1 Å². The third-order valence-corrected chi connectivity index (χ3v) is 2.80. The molecule has 0 bridgehead atoms. The quantitative estimate of drug-likeness (QED) is 0.366. The van der Waals surface area contributed by atoms with E-state index in [0.717, 1.165) is 5.69 Å². The van der Waals surface area contributed by atoms with Gasteiger partial charge in [0.25, 0.3) is 0 Å². The summed E-state index contributed by atoms with van der Waals surface area (Å²) in [6, 6.07) is 5.46. The summed E-state index contributed by atoms with van der Waals surface area (Å²) in [6.45, 7) is 3.29. The van der Waals surface area contributed by atoms with Crippen molar-refractivity contribution in [2.45, 2.75) is 6.92 Å². The summed E-state index contributed by atoms with van der Waals surface area (Å²) in [6.07, 6.45) is 3.95. The second-order valence-electron chi connectivity index (χ2n) is 4.61. The first kappa shape index (κ1) is 18.1. The van der Waals surface area contributed by atoms with Crippen molar-refractivity contribution < 1.29 is 6.16 Å². The van der Waals surface area contributed by atoms with Crippen LogP contribution in [0.3, 0.4) is 0 Å². The Kier molecular flexibility index (Phi) is 8.39. The number of nitrogens with two attached hydrogens (primary N) is 2. The van der Waals surface area contributed by atoms with Crippen LogP contribution in [0.4, 0.5) is 17.1 Å². The van der Waals surface area contributed by atoms with Crippen LogP contribution in [0.25, 0.3) is 0 Å². The molecule has 0 atom stereocenters. The van der Waals surface area contributed by atoms with Gasteiger partial charge in [0.1, 0.15) is 6.61 Å². The van der Waals surface area contributed by atoms with Crippen molar-refractivity contribution in [2.24, 2.45) is 0 Å². The number of nitrogens with zero attached hydrogens (tertiary/aromatic N) is 1. The van der Waals surface area contributed by atoms with Crippen molar-refractivity contribution in [2.75, 3.05) is 43.2 Å². The van der Waals surface area contributed by atoms with Gasteiger partial charge < -0.3 is 21.1 Å². The monoisotopic (exact) mass is 309 g/mol. The van der Waals surface area contributed by atoms with E-state index in [4.69, 9.17) is 16.2 Å². The number of hydrogen-bond donors (Lipinski definition) is 2. The minimum Gasteiger partial charge on any atom is -0.399 e. The first-order valence-electron chi connectivity index (χ1n) is 7.13. The maximum Gasteiger partial charge on any atom is 0.109 e. The van der Waals surface area contributed by atoms with Crippen molar-refractivity contribution in [3.8, 4) is 35.5 Å². The number of hydrogen-bond acceptors (Lipinski definition) is 4. The molecule has 4 N–H and O–H groups in total. The Balaban J connectivity index is 0.00000529. The van der Waals surface area contributed by atoms with Crippen molar-refractivity contribution in [1.82, 2.24) is 0 Å². The van der Waals surface area contributed by atoms with Crippen molar-refractivity contribution in [3.63, 3.8) is 0 Å². The zero-order chi connectivity index (χ0) is 16.9. The molecule has 0 aromatic heterocycles. The molecule has 0 saturated carbocycles. The zero-order valence-corrected chi connectivity index (χ0v) is 13.5. The summed E-state index contributed by atoms with van der Waals surface area (Å²) < 4.78 is 5.34. The molecule has 4 nitrogen and oxygen atoms in total. The molecule has 1 aromatic carbocycles. The SMILES string of the molecule is CC#CC#CC#CCOC/C=C/CN(C)c1cc(N)ccc1N.[HH]. The predicted octanol–water partition coefficient (Wildman–Crippen LogP) is 2.14. The number of likely N-dealkylation sites (N-methyl/N-ethyl adjacent to an activating group) is 1. The highest BCUT2D eigenvalue weighted by atomic mass is 16.5. The summed E-state index contributed by atoms with van der Waals surface area (Å²) in [4.78, 5) is 2.02. The summed E-state index contributed by atoms with van der Waals surface area (Å²) >= 11 is 0. The highest BCUT2D eigenvalue weighted by Crippen LogP contribution is 2.24. The zero-order valence-electron chi connectivity index (χ0n) is 13.5. The lowest BCUT2D eigenvalue weighted by atomic mass is 10.2. The van der Waals surface area contributed by atoms with Crippen molar-refractivity contribution in [3.05, 3.63) is 30.4 Å². The van der Waals surface area contributed by atoms with E-state index in [1.165, 1.54) is 0 Å². The van der Waals surface area contributed by atoms with Crippen LogP contribution in [0.5, 0.6) is 0 Å². The Morgan fingerprint density at radius 2 is 1.96 bits per heavy atom. The van der Waals surface area contributed by atoms with Gasteiger partial charge in [-0.05, 0) is 48.8 Å². The summed E-state index contributed by atoms with van der Waals surface area (Å²) in [5, 5.41) is 0. The molecule has 23 heavy (non-hydrogen) atoms. The Morgan fingerprint density at radius 1 is 1.17 bits per heavy atom. The van der Waals surface area contributed by atoms with E-state index in [2.05, 4.69) is 35.5 Å². The molecule has 0 aliphatic rings. The van der Waals surface area contributed by atoms with Crippen LogP contribution >= 0.6 is 0 Å². The Hall–Kier alpha value is -3.00. The molecule has 0 heterocycles. The summed E-state index contributed by atoms with van der Waals surface area (Å²) in [7, 11) is 1.96. The normalized spacial score (nSPS) is 9.13. The van der Waals surface area contributed by atoms with E-state index in [1.807, 2.05) is 36.2 Å². The first-order chi connectivity index (χ1) is 11.1. The molecule has 0 spiro atoms. The van der Waals surface area contributed by atoms with Crippen LogP contribution in [0, 0.1) is 35.5 Å². The van der Waals surface area contributed by atoms with Crippen LogP contribution in [0.15, 0.2) is 30.4 Å². The van der Waals surface area contributed by atoms with E-state index in [9.17, 15) is 0 Å². The second kappa shape index (κ2) is 10.7. The molecule has 120 valence electrons. The van der Waals surface area contributed by atoms with Crippen LogP contribution in [-0.2, 0) is 4.74 Å². The molecule has 0 aliphatic heterocycles. The lowest BCUT2D eigenvalue weighted by molar-refractivity contribution is 0.199.